The van der Waals surface area contributed by atoms with Crippen LogP contribution in [0.2, 0.25) is 0 Å². The van der Waals surface area contributed by atoms with Crippen molar-refractivity contribution in [1.29, 1.82) is 0 Å². The molecule has 0 amide bonds. The molecule has 6 nitrogen and oxygen atoms in total. The molecule has 8 aliphatic rings. The summed E-state index contributed by atoms with van der Waals surface area (Å²) in [6.45, 7) is 38.9. The van der Waals surface area contributed by atoms with Gasteiger partial charge >= 0.3 is 13.7 Å². The summed E-state index contributed by atoms with van der Waals surface area (Å²) < 4.78 is 15.1. The topological polar surface area (TPSA) is 39.2 Å². The minimum atomic E-state index is -0.315. The first-order valence-corrected chi connectivity index (χ1v) is 39.2. The van der Waals surface area contributed by atoms with Gasteiger partial charge in [-0.25, -0.2) is 0 Å². The van der Waals surface area contributed by atoms with Crippen LogP contribution in [-0.4, -0.2) is 19.2 Å². The molecule has 0 radical (unpaired) electrons. The Bertz CT molecular complexity index is 6010. The van der Waals surface area contributed by atoms with E-state index < -0.39 is 0 Å². The molecule has 0 spiro atoms. The molecule has 520 valence electrons. The van der Waals surface area contributed by atoms with E-state index in [-0.39, 0.29) is 57.1 Å². The van der Waals surface area contributed by atoms with E-state index in [1.54, 1.807) is 0 Å². The Kier molecular flexibility index (Phi) is 12.6. The van der Waals surface area contributed by atoms with Crippen LogP contribution in [0, 0.1) is 0 Å². The first-order chi connectivity index (χ1) is 50.1. The van der Waals surface area contributed by atoms with Gasteiger partial charge in [0, 0.05) is 72.2 Å². The molecule has 11 aromatic carbocycles. The number of furan rings is 2. The molecule has 0 saturated heterocycles. The zero-order valence-corrected chi connectivity index (χ0v) is 64.2. The third-order valence-corrected chi connectivity index (χ3v) is 28.1. The second-order valence-corrected chi connectivity index (χ2v) is 37.9. The van der Waals surface area contributed by atoms with E-state index in [1.165, 1.54) is 174 Å². The summed E-state index contributed by atoms with van der Waals surface area (Å²) in [5.41, 5.74) is 37.1. The van der Waals surface area contributed by atoms with Gasteiger partial charge in [-0.2, -0.15) is 0 Å². The largest absolute Gasteiger partial charge is 0.456 e. The Morgan fingerprint density at radius 1 is 0.400 bits per heavy atom. The lowest BCUT2D eigenvalue weighted by Gasteiger charge is -2.53. The molecule has 1 saturated carbocycles. The molecule has 1 fully saturated rings. The van der Waals surface area contributed by atoms with Crippen molar-refractivity contribution in [3.8, 4) is 22.3 Å². The van der Waals surface area contributed by atoms with Gasteiger partial charge in [-0.05, 0) is 216 Å². The minimum absolute atomic E-state index is 0.00134. The highest BCUT2D eigenvalue weighted by Crippen LogP contribution is 2.65. The van der Waals surface area contributed by atoms with E-state index in [0.29, 0.717) is 0 Å². The first kappa shape index (κ1) is 63.8. The molecule has 2 atom stereocenters. The van der Waals surface area contributed by atoms with E-state index >= 15 is 0 Å². The van der Waals surface area contributed by atoms with Gasteiger partial charge in [0.2, 0.25) is 0 Å². The maximum absolute atomic E-state index is 7.75. The fourth-order valence-corrected chi connectivity index (χ4v) is 21.9. The predicted molar refractivity (Wildman–Crippen MR) is 445 cm³/mol. The molecule has 0 bridgehead atoms. The van der Waals surface area contributed by atoms with Crippen LogP contribution in [0.5, 0.6) is 0 Å². The number of hydrogen-bond acceptors (Lipinski definition) is 6. The molecule has 13 aromatic rings. The highest BCUT2D eigenvalue weighted by atomic mass is 16.3. The molecule has 6 aliphatic heterocycles. The fraction of sp³-hybridized carbons (Fsp3) is 0.320. The quantitative estimate of drug-likeness (QED) is 0.160. The summed E-state index contributed by atoms with van der Waals surface area (Å²) in [5.74, 6) is 0. The van der Waals surface area contributed by atoms with Crippen molar-refractivity contribution in [2.24, 2.45) is 0 Å². The number of fused-ring (bicyclic) bond motifs is 22. The number of hydrogen-bond donors (Lipinski definition) is 0. The number of nitrogens with zero attached hydrogens (tertiary/aromatic N) is 4. The van der Waals surface area contributed by atoms with Crippen LogP contribution < -0.4 is 41.3 Å². The van der Waals surface area contributed by atoms with Crippen LogP contribution in [0.25, 0.3) is 66.1 Å². The average Bonchev–Trinajstić information content (AvgIpc) is 1.56. The summed E-state index contributed by atoms with van der Waals surface area (Å²) in [7, 11) is 0. The molecule has 8 heterocycles. The van der Waals surface area contributed by atoms with Crippen LogP contribution in [0.15, 0.2) is 203 Å². The second-order valence-electron chi connectivity index (χ2n) is 37.9. The predicted octanol–water partition coefficient (Wildman–Crippen LogP) is 23.3. The fourth-order valence-electron chi connectivity index (χ4n) is 21.9. The zero-order chi connectivity index (χ0) is 72.1. The van der Waals surface area contributed by atoms with Crippen LogP contribution in [0.4, 0.5) is 51.2 Å². The molecule has 2 aliphatic carbocycles. The lowest BCUT2D eigenvalue weighted by Crippen LogP contribution is -2.64. The van der Waals surface area contributed by atoms with Crippen molar-refractivity contribution in [3.63, 3.8) is 0 Å². The monoisotopic (exact) mass is 1370 g/mol. The Balaban J connectivity index is 0.754. The summed E-state index contributed by atoms with van der Waals surface area (Å²) in [5, 5.41) is 4.71. The van der Waals surface area contributed by atoms with E-state index in [2.05, 4.69) is 324 Å². The Hall–Kier alpha value is -9.65. The van der Waals surface area contributed by atoms with E-state index in [9.17, 15) is 0 Å². The standard InChI is InChI=1S/C97H94B2N4O2/c1-90(2,3)58-40-43-62-66-51-68-63-31-20-23-37-79(63)104-89(68)87-83(66)99(75-49-59(91(4,5)6)48-73-85(75)101(87)97(16)45-25-24-44-96(73,97)15)103(77(62)50-58)61-41-38-57(39-42-61)94(11,12)55-56-28-26-32-64-81-80(105-88(56)64)53-67-65-52-71-72(93(9,10)47-46-92(71,7)8)54-78(65)102(60-29-18-17-19-30-60)98-74-35-27-34-70-84(74)100(86(81)82(67)98)76-36-22-21-33-69(76)95(70,13)14/h17-23,26-43,48-54H,24-25,44-47,55H2,1-16H3. The highest BCUT2D eigenvalue weighted by molar-refractivity contribution is 6.95. The smallest absolute Gasteiger partial charge is 0.333 e. The average molecular weight is 1370 g/mol. The maximum Gasteiger partial charge on any atom is 0.333 e. The molecule has 105 heavy (non-hydrogen) atoms. The number of benzene rings is 11. The Labute approximate surface area is 620 Å². The minimum Gasteiger partial charge on any atom is -0.456 e. The summed E-state index contributed by atoms with van der Waals surface area (Å²) in [4.78, 5) is 11.0. The summed E-state index contributed by atoms with van der Waals surface area (Å²) in [6.07, 6.45) is 7.74. The first-order valence-electron chi connectivity index (χ1n) is 39.2. The van der Waals surface area contributed by atoms with Crippen molar-refractivity contribution in [1.82, 2.24) is 0 Å². The van der Waals surface area contributed by atoms with Gasteiger partial charge in [-0.15, -0.1) is 0 Å². The van der Waals surface area contributed by atoms with Crippen LogP contribution in [0.3, 0.4) is 0 Å². The van der Waals surface area contributed by atoms with Crippen molar-refractivity contribution in [3.05, 3.63) is 244 Å². The third-order valence-electron chi connectivity index (χ3n) is 28.1. The van der Waals surface area contributed by atoms with Gasteiger partial charge in [-0.1, -0.05) is 244 Å². The highest BCUT2D eigenvalue weighted by Gasteiger charge is 2.63. The lowest BCUT2D eigenvalue weighted by atomic mass is 9.42. The molecular weight excluding hydrogens is 1270 g/mol. The van der Waals surface area contributed by atoms with Crippen molar-refractivity contribution in [2.75, 3.05) is 19.4 Å². The van der Waals surface area contributed by atoms with Crippen LogP contribution >= 0.6 is 0 Å². The molecule has 2 unspecified atom stereocenters. The summed E-state index contributed by atoms with van der Waals surface area (Å²) >= 11 is 0. The molecule has 21 rings (SSSR count). The molecule has 8 heteroatoms. The van der Waals surface area contributed by atoms with E-state index in [4.69, 9.17) is 8.83 Å². The van der Waals surface area contributed by atoms with Gasteiger partial charge in [0.05, 0.1) is 28.0 Å². The van der Waals surface area contributed by atoms with E-state index in [0.717, 1.165) is 59.8 Å². The van der Waals surface area contributed by atoms with Crippen molar-refractivity contribution < 1.29 is 8.83 Å². The third kappa shape index (κ3) is 8.30. The van der Waals surface area contributed by atoms with E-state index in [1.807, 2.05) is 0 Å². The van der Waals surface area contributed by atoms with Gasteiger partial charge in [0.15, 0.2) is 5.58 Å². The summed E-state index contributed by atoms with van der Waals surface area (Å²) in [6, 6.07) is 76.2. The number of rotatable bonds is 5. The number of anilines is 9. The molecule has 2 aromatic heterocycles. The normalized spacial score (nSPS) is 20.2. The van der Waals surface area contributed by atoms with Crippen molar-refractivity contribution >= 4 is 131 Å². The molecule has 0 N–H and O–H groups in total. The van der Waals surface area contributed by atoms with Crippen LogP contribution in [-0.2, 0) is 44.3 Å². The van der Waals surface area contributed by atoms with Crippen LogP contribution in [0.1, 0.15) is 199 Å². The Morgan fingerprint density at radius 2 is 1.02 bits per heavy atom. The maximum atomic E-state index is 7.75. The zero-order valence-electron chi connectivity index (χ0n) is 64.2. The van der Waals surface area contributed by atoms with Crippen molar-refractivity contribution in [2.45, 2.75) is 199 Å². The lowest BCUT2D eigenvalue weighted by molar-refractivity contribution is 0.195. The van der Waals surface area contributed by atoms with Gasteiger partial charge in [0.1, 0.15) is 16.7 Å². The Morgan fingerprint density at radius 3 is 1.78 bits per heavy atom. The number of para-hydroxylation sites is 5. The van der Waals surface area contributed by atoms with Gasteiger partial charge in [-0.3, -0.25) is 0 Å². The van der Waals surface area contributed by atoms with Gasteiger partial charge < -0.3 is 28.3 Å². The van der Waals surface area contributed by atoms with Gasteiger partial charge in [0.25, 0.3) is 0 Å². The second kappa shape index (κ2) is 20.7. The SMILES string of the molecule is CC(C)(C)c1ccc2c(c1)N(c1ccc(C(C)(C)Cc3cccc4c3oc3cc5c6c(c34)N3c4ccccc4C(C)(C)c4cccc(c43)B6N(c3ccccc3)c3cc4c(cc3-5)C(C)(C)CCC4(C)C)cc1)B1c3cc(C(C)(C)C)cc4c3N(c3c1c-2cc1c3oc2ccccc21)C1(C)CCCCC41C. The molecular formula is C97H94B2N4O2.